The zero-order valence-electron chi connectivity index (χ0n) is 9.83. The van der Waals surface area contributed by atoms with Crippen molar-refractivity contribution in [3.63, 3.8) is 0 Å². The molecule has 0 radical (unpaired) electrons. The Balaban J connectivity index is 2.08. The third-order valence-corrected chi connectivity index (χ3v) is 4.25. The number of benzene rings is 1. The summed E-state index contributed by atoms with van der Waals surface area (Å²) in [4.78, 5) is 25.0. The topological polar surface area (TPSA) is 37.4 Å². The smallest absolute Gasteiger partial charge is 0.237 e. The van der Waals surface area contributed by atoms with Crippen LogP contribution < -0.4 is 4.90 Å². The number of imide groups is 1. The Labute approximate surface area is 116 Å². The molecule has 3 rings (SSSR count). The zero-order chi connectivity index (χ0) is 13.7. The Kier molecular flexibility index (Phi) is 2.92. The van der Waals surface area contributed by atoms with Crippen LogP contribution in [-0.2, 0) is 9.59 Å². The fraction of sp³-hybridized carbons (Fsp3) is 0.385. The second kappa shape index (κ2) is 4.37. The van der Waals surface area contributed by atoms with E-state index < -0.39 is 41.0 Å². The summed E-state index contributed by atoms with van der Waals surface area (Å²) >= 11 is 2.97. The van der Waals surface area contributed by atoms with Crippen LogP contribution in [0.5, 0.6) is 0 Å². The minimum atomic E-state index is -0.909. The first-order valence-electron chi connectivity index (χ1n) is 6.03. The molecular weight excluding hydrogens is 320 g/mol. The fourth-order valence-corrected chi connectivity index (χ4v) is 3.36. The van der Waals surface area contributed by atoms with Crippen LogP contribution in [0.15, 0.2) is 16.6 Å². The second-order valence-electron chi connectivity index (χ2n) is 4.87. The summed E-state index contributed by atoms with van der Waals surface area (Å²) in [6.45, 7) is 0. The first-order chi connectivity index (χ1) is 9.00. The summed E-state index contributed by atoms with van der Waals surface area (Å²) in [5.74, 6) is -3.59. The molecule has 2 atom stereocenters. The Hall–Kier alpha value is -1.30. The van der Waals surface area contributed by atoms with Gasteiger partial charge in [0.25, 0.3) is 0 Å². The number of amides is 2. The molecule has 2 amide bonds. The average Bonchev–Trinajstić information content (AvgIpc) is 2.87. The number of hydrogen-bond acceptors (Lipinski definition) is 2. The molecule has 0 spiro atoms. The number of halogens is 3. The monoisotopic (exact) mass is 329 g/mol. The largest absolute Gasteiger partial charge is 0.274 e. The van der Waals surface area contributed by atoms with Gasteiger partial charge >= 0.3 is 0 Å². The highest BCUT2D eigenvalue weighted by Crippen LogP contribution is 2.43. The second-order valence-corrected chi connectivity index (χ2v) is 5.79. The Bertz CT molecular complexity index is 545. The van der Waals surface area contributed by atoms with Crippen LogP contribution in [0, 0.1) is 23.5 Å². The van der Waals surface area contributed by atoms with Crippen molar-refractivity contribution in [1.29, 1.82) is 0 Å². The van der Waals surface area contributed by atoms with E-state index in [1.807, 2.05) is 0 Å². The van der Waals surface area contributed by atoms with Gasteiger partial charge in [-0.25, -0.2) is 13.7 Å². The van der Waals surface area contributed by atoms with Crippen LogP contribution >= 0.6 is 15.9 Å². The molecule has 1 aromatic carbocycles. The molecular formula is C13H10BrF2NO2. The van der Waals surface area contributed by atoms with E-state index in [1.54, 1.807) is 0 Å². The molecule has 3 nitrogen and oxygen atoms in total. The van der Waals surface area contributed by atoms with Gasteiger partial charge in [-0.05, 0) is 25.0 Å². The van der Waals surface area contributed by atoms with E-state index in [0.29, 0.717) is 17.7 Å². The van der Waals surface area contributed by atoms with Crippen molar-refractivity contribution in [1.82, 2.24) is 0 Å². The highest BCUT2D eigenvalue weighted by Gasteiger charge is 2.51. The predicted octanol–water partition coefficient (Wildman–Crippen LogP) is 3.02. The van der Waals surface area contributed by atoms with Gasteiger partial charge in [-0.15, -0.1) is 0 Å². The molecule has 2 fully saturated rings. The molecule has 1 aromatic rings. The average molecular weight is 330 g/mol. The number of carbonyl (C=O) groups excluding carboxylic acids is 2. The lowest BCUT2D eigenvalue weighted by Gasteiger charge is -2.17. The molecule has 1 heterocycles. The van der Waals surface area contributed by atoms with Crippen molar-refractivity contribution >= 4 is 33.4 Å². The number of hydrogen-bond donors (Lipinski definition) is 0. The van der Waals surface area contributed by atoms with Gasteiger partial charge in [0.15, 0.2) is 11.6 Å². The van der Waals surface area contributed by atoms with Crippen LogP contribution in [0.3, 0.4) is 0 Å². The number of anilines is 1. The first-order valence-corrected chi connectivity index (χ1v) is 6.82. The van der Waals surface area contributed by atoms with E-state index in [-0.39, 0.29) is 4.47 Å². The van der Waals surface area contributed by atoms with Gasteiger partial charge in [0.05, 0.1) is 11.8 Å². The zero-order valence-corrected chi connectivity index (χ0v) is 11.4. The normalized spacial score (nSPS) is 26.2. The predicted molar refractivity (Wildman–Crippen MR) is 67.4 cm³/mol. The first kappa shape index (κ1) is 12.7. The van der Waals surface area contributed by atoms with Gasteiger partial charge in [0, 0.05) is 4.47 Å². The van der Waals surface area contributed by atoms with E-state index in [1.165, 1.54) is 0 Å². The van der Waals surface area contributed by atoms with E-state index in [2.05, 4.69) is 15.9 Å². The third kappa shape index (κ3) is 1.81. The fourth-order valence-electron chi connectivity index (χ4n) is 2.96. The van der Waals surface area contributed by atoms with Crippen LogP contribution in [-0.4, -0.2) is 11.8 Å². The van der Waals surface area contributed by atoms with Crippen LogP contribution in [0.1, 0.15) is 19.3 Å². The third-order valence-electron chi connectivity index (χ3n) is 3.80. The van der Waals surface area contributed by atoms with Crippen molar-refractivity contribution in [2.45, 2.75) is 19.3 Å². The van der Waals surface area contributed by atoms with Crippen LogP contribution in [0.4, 0.5) is 14.5 Å². The minimum absolute atomic E-state index is 0.227. The molecule has 100 valence electrons. The molecule has 1 aliphatic carbocycles. The molecule has 0 aromatic heterocycles. The van der Waals surface area contributed by atoms with Crippen molar-refractivity contribution in [3.8, 4) is 0 Å². The maximum atomic E-state index is 13.9. The summed E-state index contributed by atoms with van der Waals surface area (Å²) in [5, 5.41) is 0. The number of fused-ring (bicyclic) bond motifs is 1. The van der Waals surface area contributed by atoms with Gasteiger partial charge in [0.2, 0.25) is 11.8 Å². The maximum absolute atomic E-state index is 13.9. The molecule has 0 N–H and O–H groups in total. The van der Waals surface area contributed by atoms with Gasteiger partial charge in [-0.3, -0.25) is 9.59 Å². The standard InChI is InChI=1S/C13H10BrF2NO2/c14-6-4-9(15)11(10(16)5-6)17-12(18)7-2-1-3-8(7)13(17)19/h4-5,7-8H,1-3H2. The van der Waals surface area contributed by atoms with E-state index in [9.17, 15) is 18.4 Å². The van der Waals surface area contributed by atoms with Gasteiger partial charge in [-0.2, -0.15) is 0 Å². The molecule has 1 aliphatic heterocycles. The molecule has 1 saturated carbocycles. The lowest BCUT2D eigenvalue weighted by atomic mass is 10.00. The van der Waals surface area contributed by atoms with Crippen molar-refractivity contribution in [2.75, 3.05) is 4.90 Å². The molecule has 1 saturated heterocycles. The van der Waals surface area contributed by atoms with Crippen molar-refractivity contribution in [2.24, 2.45) is 11.8 Å². The van der Waals surface area contributed by atoms with Crippen LogP contribution in [0.25, 0.3) is 0 Å². The highest BCUT2D eigenvalue weighted by atomic mass is 79.9. The highest BCUT2D eigenvalue weighted by molar-refractivity contribution is 9.10. The van der Waals surface area contributed by atoms with Crippen molar-refractivity contribution < 1.29 is 18.4 Å². The summed E-state index contributed by atoms with van der Waals surface area (Å²) < 4.78 is 28.0. The lowest BCUT2D eigenvalue weighted by molar-refractivity contribution is -0.122. The lowest BCUT2D eigenvalue weighted by Crippen LogP contribution is -2.33. The van der Waals surface area contributed by atoms with Gasteiger partial charge in [0.1, 0.15) is 5.69 Å². The summed E-state index contributed by atoms with van der Waals surface area (Å²) in [7, 11) is 0. The molecule has 2 aliphatic rings. The Morgan fingerprint density at radius 2 is 1.53 bits per heavy atom. The number of carbonyl (C=O) groups is 2. The summed E-state index contributed by atoms with van der Waals surface area (Å²) in [6.07, 6.45) is 2.04. The number of nitrogens with zero attached hydrogens (tertiary/aromatic N) is 1. The minimum Gasteiger partial charge on any atom is -0.274 e. The summed E-state index contributed by atoms with van der Waals surface area (Å²) in [6, 6.07) is 2.10. The maximum Gasteiger partial charge on any atom is 0.237 e. The van der Waals surface area contributed by atoms with E-state index in [0.717, 1.165) is 18.6 Å². The van der Waals surface area contributed by atoms with Crippen LogP contribution in [0.2, 0.25) is 0 Å². The number of rotatable bonds is 1. The van der Waals surface area contributed by atoms with Crippen molar-refractivity contribution in [3.05, 3.63) is 28.2 Å². The molecule has 19 heavy (non-hydrogen) atoms. The van der Waals surface area contributed by atoms with E-state index >= 15 is 0 Å². The van der Waals surface area contributed by atoms with E-state index in [4.69, 9.17) is 0 Å². The molecule has 0 bridgehead atoms. The summed E-state index contributed by atoms with van der Waals surface area (Å²) in [5.41, 5.74) is -0.549. The molecule has 2 unspecified atom stereocenters. The molecule has 6 heteroatoms. The Morgan fingerprint density at radius 3 is 2.00 bits per heavy atom. The quantitative estimate of drug-likeness (QED) is 0.743. The Morgan fingerprint density at radius 1 is 1.05 bits per heavy atom. The van der Waals surface area contributed by atoms with Gasteiger partial charge < -0.3 is 0 Å². The van der Waals surface area contributed by atoms with Gasteiger partial charge in [-0.1, -0.05) is 22.4 Å². The SMILES string of the molecule is O=C1C2CCCC2C(=O)N1c1c(F)cc(Br)cc1F.